The van der Waals surface area contributed by atoms with Crippen LogP contribution in [0.15, 0.2) is 22.8 Å². The van der Waals surface area contributed by atoms with E-state index in [9.17, 15) is 4.79 Å². The van der Waals surface area contributed by atoms with Crippen LogP contribution in [-0.4, -0.2) is 36.0 Å². The van der Waals surface area contributed by atoms with Crippen LogP contribution in [0.2, 0.25) is 0 Å². The van der Waals surface area contributed by atoms with Gasteiger partial charge in [-0.15, -0.1) is 0 Å². The second-order valence-electron chi connectivity index (χ2n) is 5.79. The van der Waals surface area contributed by atoms with Gasteiger partial charge in [-0.3, -0.25) is 9.69 Å². The van der Waals surface area contributed by atoms with Crippen LogP contribution in [0.5, 0.6) is 0 Å². The molecule has 1 saturated carbocycles. The topological polar surface area (TPSA) is 71.5 Å². The first-order chi connectivity index (χ1) is 10.2. The van der Waals surface area contributed by atoms with E-state index in [1.165, 1.54) is 32.1 Å². The summed E-state index contributed by atoms with van der Waals surface area (Å²) in [4.78, 5) is 14.6. The summed E-state index contributed by atoms with van der Waals surface area (Å²) in [5.74, 6) is 0.823. The summed E-state index contributed by atoms with van der Waals surface area (Å²) in [6, 6.07) is 4.04. The van der Waals surface area contributed by atoms with Gasteiger partial charge < -0.3 is 15.5 Å². The molecule has 1 aliphatic carbocycles. The Morgan fingerprint density at radius 1 is 1.48 bits per heavy atom. The van der Waals surface area contributed by atoms with Gasteiger partial charge in [0.15, 0.2) is 0 Å². The van der Waals surface area contributed by atoms with Gasteiger partial charge in [0.05, 0.1) is 18.8 Å². The number of rotatable bonds is 7. The zero-order valence-corrected chi connectivity index (χ0v) is 12.9. The lowest BCUT2D eigenvalue weighted by Crippen LogP contribution is -2.51. The lowest BCUT2D eigenvalue weighted by atomic mass is 9.93. The van der Waals surface area contributed by atoms with Crippen molar-refractivity contribution in [3.8, 4) is 0 Å². The number of hydrogen-bond donors (Lipinski definition) is 2. The van der Waals surface area contributed by atoms with Gasteiger partial charge in [-0.2, -0.15) is 0 Å². The van der Waals surface area contributed by atoms with Gasteiger partial charge in [0.1, 0.15) is 5.76 Å². The van der Waals surface area contributed by atoms with E-state index in [0.717, 1.165) is 12.3 Å². The average molecular weight is 293 g/mol. The number of nitrogens with two attached hydrogens (primary N) is 1. The van der Waals surface area contributed by atoms with Crippen LogP contribution >= 0.6 is 0 Å². The molecule has 0 bridgehead atoms. The number of nitrogens with one attached hydrogen (secondary N) is 1. The zero-order chi connectivity index (χ0) is 15.1. The third-order valence-corrected chi connectivity index (χ3v) is 4.32. The number of carbonyl (C=O) groups excluding carboxylic acids is 1. The van der Waals surface area contributed by atoms with Crippen LogP contribution in [0.1, 0.15) is 44.8 Å². The lowest BCUT2D eigenvalue weighted by Gasteiger charge is -2.37. The summed E-state index contributed by atoms with van der Waals surface area (Å²) in [6.07, 6.45) is 7.80. The molecule has 5 nitrogen and oxygen atoms in total. The summed E-state index contributed by atoms with van der Waals surface area (Å²) >= 11 is 0. The number of amides is 1. The van der Waals surface area contributed by atoms with E-state index in [1.54, 1.807) is 6.26 Å². The Kier molecular flexibility index (Phi) is 6.26. The first-order valence-corrected chi connectivity index (χ1v) is 7.98. The fraction of sp³-hybridized carbons (Fsp3) is 0.688. The van der Waals surface area contributed by atoms with E-state index >= 15 is 0 Å². The van der Waals surface area contributed by atoms with Crippen LogP contribution in [0.25, 0.3) is 0 Å². The quantitative estimate of drug-likeness (QED) is 0.805. The maximum absolute atomic E-state index is 12.4. The highest BCUT2D eigenvalue weighted by Crippen LogP contribution is 2.24. The molecule has 21 heavy (non-hydrogen) atoms. The van der Waals surface area contributed by atoms with Gasteiger partial charge in [-0.25, -0.2) is 0 Å². The van der Waals surface area contributed by atoms with Gasteiger partial charge in [0, 0.05) is 19.1 Å². The highest BCUT2D eigenvalue weighted by atomic mass is 16.3. The molecule has 1 aromatic heterocycles. The first-order valence-electron chi connectivity index (χ1n) is 7.98. The van der Waals surface area contributed by atoms with Crippen molar-refractivity contribution in [2.24, 2.45) is 5.73 Å². The minimum Gasteiger partial charge on any atom is -0.467 e. The molecule has 0 radical (unpaired) electrons. The summed E-state index contributed by atoms with van der Waals surface area (Å²) in [7, 11) is 0. The molecule has 2 rings (SSSR count). The maximum atomic E-state index is 12.4. The molecule has 0 aromatic carbocycles. The van der Waals surface area contributed by atoms with Crippen molar-refractivity contribution in [2.75, 3.05) is 13.1 Å². The van der Waals surface area contributed by atoms with E-state index < -0.39 is 0 Å². The van der Waals surface area contributed by atoms with Gasteiger partial charge in [-0.05, 0) is 31.9 Å². The molecule has 1 aromatic rings. The van der Waals surface area contributed by atoms with Crippen molar-refractivity contribution in [3.63, 3.8) is 0 Å². The minimum absolute atomic E-state index is 0.0467. The molecule has 1 heterocycles. The summed E-state index contributed by atoms with van der Waals surface area (Å²) in [6.45, 7) is 3.78. The van der Waals surface area contributed by atoms with E-state index in [-0.39, 0.29) is 11.9 Å². The van der Waals surface area contributed by atoms with E-state index in [1.807, 2.05) is 19.1 Å². The Labute approximate surface area is 126 Å². The van der Waals surface area contributed by atoms with Crippen molar-refractivity contribution >= 4 is 5.91 Å². The van der Waals surface area contributed by atoms with Gasteiger partial charge >= 0.3 is 0 Å². The molecule has 0 spiro atoms. The van der Waals surface area contributed by atoms with Crippen molar-refractivity contribution in [1.82, 2.24) is 10.2 Å². The molecular formula is C16H27N3O2. The van der Waals surface area contributed by atoms with E-state index in [2.05, 4.69) is 10.2 Å². The van der Waals surface area contributed by atoms with Crippen LogP contribution in [0.3, 0.4) is 0 Å². The number of carbonyl (C=O) groups is 1. The van der Waals surface area contributed by atoms with Gasteiger partial charge in [0.2, 0.25) is 5.91 Å². The van der Waals surface area contributed by atoms with Gasteiger partial charge in [-0.1, -0.05) is 19.3 Å². The van der Waals surface area contributed by atoms with Crippen molar-refractivity contribution in [1.29, 1.82) is 0 Å². The number of furan rings is 1. The molecule has 1 aliphatic rings. The van der Waals surface area contributed by atoms with Gasteiger partial charge in [0.25, 0.3) is 0 Å². The SMILES string of the molecule is CC(C(=O)NCc1ccco1)N(CCN)C1CCCCC1. The molecule has 3 N–H and O–H groups in total. The molecule has 1 unspecified atom stereocenters. The molecule has 1 atom stereocenters. The Bertz CT molecular complexity index is 413. The average Bonchev–Trinajstić information content (AvgIpc) is 3.04. The molecule has 5 heteroatoms. The number of nitrogens with zero attached hydrogens (tertiary/aromatic N) is 1. The van der Waals surface area contributed by atoms with E-state index in [4.69, 9.17) is 10.2 Å². The summed E-state index contributed by atoms with van der Waals surface area (Å²) < 4.78 is 5.24. The van der Waals surface area contributed by atoms with Crippen molar-refractivity contribution in [3.05, 3.63) is 24.2 Å². The van der Waals surface area contributed by atoms with Crippen LogP contribution in [0, 0.1) is 0 Å². The predicted octanol–water partition coefficient (Wildman–Crippen LogP) is 1.88. The van der Waals surface area contributed by atoms with Crippen LogP contribution in [-0.2, 0) is 11.3 Å². The van der Waals surface area contributed by atoms with E-state index in [0.29, 0.717) is 19.1 Å². The van der Waals surface area contributed by atoms with Crippen LogP contribution < -0.4 is 11.1 Å². The summed E-state index contributed by atoms with van der Waals surface area (Å²) in [5, 5.41) is 2.95. The van der Waals surface area contributed by atoms with Crippen molar-refractivity contribution < 1.29 is 9.21 Å². The third kappa shape index (κ3) is 4.58. The Balaban J connectivity index is 1.89. The largest absolute Gasteiger partial charge is 0.467 e. The van der Waals surface area contributed by atoms with Crippen molar-refractivity contribution in [2.45, 2.75) is 57.7 Å². The highest BCUT2D eigenvalue weighted by molar-refractivity contribution is 5.81. The molecule has 118 valence electrons. The Morgan fingerprint density at radius 3 is 2.86 bits per heavy atom. The predicted molar refractivity (Wildman–Crippen MR) is 82.7 cm³/mol. The second kappa shape index (κ2) is 8.20. The highest BCUT2D eigenvalue weighted by Gasteiger charge is 2.28. The number of hydrogen-bond acceptors (Lipinski definition) is 4. The zero-order valence-electron chi connectivity index (χ0n) is 12.9. The summed E-state index contributed by atoms with van der Waals surface area (Å²) in [5.41, 5.74) is 5.74. The maximum Gasteiger partial charge on any atom is 0.237 e. The fourth-order valence-electron chi connectivity index (χ4n) is 3.14. The molecule has 1 amide bonds. The first kappa shape index (κ1) is 16.0. The standard InChI is InChI=1S/C16H27N3O2/c1-13(16(20)18-12-15-8-5-11-21-15)19(10-9-17)14-6-3-2-4-7-14/h5,8,11,13-14H,2-4,6-7,9-10,12,17H2,1H3,(H,18,20). The Morgan fingerprint density at radius 2 is 2.24 bits per heavy atom. The minimum atomic E-state index is -0.147. The van der Waals surface area contributed by atoms with Crippen LogP contribution in [0.4, 0.5) is 0 Å². The monoisotopic (exact) mass is 293 g/mol. The molecule has 0 aliphatic heterocycles. The fourth-order valence-corrected chi connectivity index (χ4v) is 3.14. The second-order valence-corrected chi connectivity index (χ2v) is 5.79. The lowest BCUT2D eigenvalue weighted by molar-refractivity contribution is -0.127. The Hall–Kier alpha value is -1.33. The smallest absolute Gasteiger partial charge is 0.237 e. The molecule has 1 fully saturated rings. The molecule has 0 saturated heterocycles. The molecular weight excluding hydrogens is 266 g/mol. The third-order valence-electron chi connectivity index (χ3n) is 4.32. The normalized spacial score (nSPS) is 17.9.